The smallest absolute Gasteiger partial charge is 0.203 e. The van der Waals surface area contributed by atoms with Crippen LogP contribution in [0.5, 0.6) is 0 Å². The van der Waals surface area contributed by atoms with Crippen molar-refractivity contribution in [1.82, 2.24) is 14.9 Å². The van der Waals surface area contributed by atoms with E-state index in [2.05, 4.69) is 57.0 Å². The van der Waals surface area contributed by atoms with Crippen molar-refractivity contribution in [1.29, 1.82) is 0 Å². The monoisotopic (exact) mass is 270 g/mol. The number of hydrogen-bond acceptors (Lipinski definition) is 3. The molecular formula is C16H22N4. The molecule has 1 aromatic heterocycles. The van der Waals surface area contributed by atoms with Gasteiger partial charge in [-0.2, -0.15) is 0 Å². The molecule has 3 rings (SSSR count). The van der Waals surface area contributed by atoms with Gasteiger partial charge in [0.1, 0.15) is 0 Å². The number of anilines is 1. The molecule has 20 heavy (non-hydrogen) atoms. The molecule has 2 aromatic rings. The van der Waals surface area contributed by atoms with E-state index in [1.165, 1.54) is 12.0 Å². The van der Waals surface area contributed by atoms with Gasteiger partial charge in [0, 0.05) is 44.6 Å². The molecule has 1 aromatic carbocycles. The van der Waals surface area contributed by atoms with Gasteiger partial charge in [-0.25, -0.2) is 4.98 Å². The van der Waals surface area contributed by atoms with E-state index in [4.69, 9.17) is 0 Å². The minimum absolute atomic E-state index is 0.479. The number of benzene rings is 1. The van der Waals surface area contributed by atoms with Crippen molar-refractivity contribution < 1.29 is 0 Å². The minimum atomic E-state index is 0.479. The largest absolute Gasteiger partial charge is 0.338 e. The van der Waals surface area contributed by atoms with E-state index in [9.17, 15) is 0 Å². The Hall–Kier alpha value is -1.81. The third-order valence-corrected chi connectivity index (χ3v) is 3.93. The predicted molar refractivity (Wildman–Crippen MR) is 81.7 cm³/mol. The van der Waals surface area contributed by atoms with Crippen LogP contribution < -0.4 is 4.90 Å². The first-order chi connectivity index (χ1) is 9.83. The van der Waals surface area contributed by atoms with E-state index in [1.54, 1.807) is 0 Å². The summed E-state index contributed by atoms with van der Waals surface area (Å²) in [5.74, 6) is 0.999. The average molecular weight is 270 g/mol. The van der Waals surface area contributed by atoms with Crippen molar-refractivity contribution in [3.05, 3.63) is 48.3 Å². The Kier molecular flexibility index (Phi) is 4.02. The predicted octanol–water partition coefficient (Wildman–Crippen LogP) is 2.51. The zero-order valence-electron chi connectivity index (χ0n) is 12.0. The normalized spacial score (nSPS) is 20.9. The van der Waals surface area contributed by atoms with E-state index in [0.29, 0.717) is 6.04 Å². The molecule has 1 unspecified atom stereocenters. The molecule has 2 heterocycles. The molecule has 4 nitrogen and oxygen atoms in total. The van der Waals surface area contributed by atoms with Gasteiger partial charge in [-0.1, -0.05) is 30.3 Å². The second kappa shape index (κ2) is 6.09. The lowest BCUT2D eigenvalue weighted by molar-refractivity contribution is 0.268. The standard InChI is InChI=1S/C16H22N4/c1-14-12-19(13-15-6-3-2-4-7-15)10-5-11-20(14)16-17-8-9-18-16/h2-4,6-9,14H,5,10-13H2,1H3,(H,17,18). The Labute approximate surface area is 120 Å². The van der Waals surface area contributed by atoms with Crippen LogP contribution in [0, 0.1) is 0 Å². The molecule has 1 saturated heterocycles. The van der Waals surface area contributed by atoms with Gasteiger partial charge in [-0.3, -0.25) is 4.90 Å². The van der Waals surface area contributed by atoms with E-state index >= 15 is 0 Å². The maximum absolute atomic E-state index is 4.39. The molecule has 1 aliphatic heterocycles. The number of rotatable bonds is 3. The molecule has 0 amide bonds. The summed E-state index contributed by atoms with van der Waals surface area (Å²) in [7, 11) is 0. The number of hydrogen-bond donors (Lipinski definition) is 1. The average Bonchev–Trinajstić information content (AvgIpc) is 2.92. The first-order valence-electron chi connectivity index (χ1n) is 7.35. The molecule has 0 saturated carbocycles. The first-order valence-corrected chi connectivity index (χ1v) is 7.35. The summed E-state index contributed by atoms with van der Waals surface area (Å²) >= 11 is 0. The molecule has 1 N–H and O–H groups in total. The number of H-pyrrole nitrogens is 1. The van der Waals surface area contributed by atoms with E-state index in [-0.39, 0.29) is 0 Å². The highest BCUT2D eigenvalue weighted by Gasteiger charge is 2.22. The van der Waals surface area contributed by atoms with Crippen LogP contribution >= 0.6 is 0 Å². The molecule has 1 atom stereocenters. The van der Waals surface area contributed by atoms with Crippen molar-refractivity contribution in [3.63, 3.8) is 0 Å². The second-order valence-corrected chi connectivity index (χ2v) is 5.53. The molecule has 106 valence electrons. The lowest BCUT2D eigenvalue weighted by Gasteiger charge is -2.28. The Bertz CT molecular complexity index is 509. The zero-order chi connectivity index (χ0) is 13.8. The summed E-state index contributed by atoms with van der Waals surface area (Å²) in [5, 5.41) is 0. The van der Waals surface area contributed by atoms with Crippen LogP contribution in [-0.4, -0.2) is 40.5 Å². The molecular weight excluding hydrogens is 248 g/mol. The fraction of sp³-hybridized carbons (Fsp3) is 0.438. The van der Waals surface area contributed by atoms with Crippen LogP contribution in [0.1, 0.15) is 18.9 Å². The van der Waals surface area contributed by atoms with Gasteiger partial charge in [-0.05, 0) is 18.9 Å². The quantitative estimate of drug-likeness (QED) is 0.930. The Morgan fingerprint density at radius 2 is 2.10 bits per heavy atom. The first kappa shape index (κ1) is 13.2. The van der Waals surface area contributed by atoms with Crippen LogP contribution in [0.15, 0.2) is 42.7 Å². The van der Waals surface area contributed by atoms with Gasteiger partial charge in [0.05, 0.1) is 0 Å². The van der Waals surface area contributed by atoms with Crippen molar-refractivity contribution in [2.24, 2.45) is 0 Å². The molecule has 4 heteroatoms. The number of imidazole rings is 1. The highest BCUT2D eigenvalue weighted by molar-refractivity contribution is 5.31. The third-order valence-electron chi connectivity index (χ3n) is 3.93. The van der Waals surface area contributed by atoms with Crippen molar-refractivity contribution in [2.75, 3.05) is 24.5 Å². The topological polar surface area (TPSA) is 35.2 Å². The van der Waals surface area contributed by atoms with Gasteiger partial charge in [0.25, 0.3) is 0 Å². The van der Waals surface area contributed by atoms with Gasteiger partial charge in [0.15, 0.2) is 0 Å². The van der Waals surface area contributed by atoms with Crippen molar-refractivity contribution >= 4 is 5.95 Å². The van der Waals surface area contributed by atoms with Gasteiger partial charge in [-0.15, -0.1) is 0 Å². The SMILES string of the molecule is CC1CN(Cc2ccccc2)CCCN1c1ncc[nH]1. The van der Waals surface area contributed by atoms with Crippen LogP contribution in [0.25, 0.3) is 0 Å². The maximum Gasteiger partial charge on any atom is 0.203 e. The zero-order valence-corrected chi connectivity index (χ0v) is 12.0. The minimum Gasteiger partial charge on any atom is -0.338 e. The van der Waals surface area contributed by atoms with Crippen LogP contribution in [-0.2, 0) is 6.54 Å². The van der Waals surface area contributed by atoms with Crippen LogP contribution in [0.3, 0.4) is 0 Å². The third kappa shape index (κ3) is 3.02. The summed E-state index contributed by atoms with van der Waals surface area (Å²) in [6.07, 6.45) is 4.90. The molecule has 1 fully saturated rings. The van der Waals surface area contributed by atoms with Gasteiger partial charge < -0.3 is 9.88 Å². The molecule has 1 aliphatic rings. The van der Waals surface area contributed by atoms with E-state index in [0.717, 1.165) is 32.1 Å². The fourth-order valence-electron chi connectivity index (χ4n) is 2.96. The van der Waals surface area contributed by atoms with Gasteiger partial charge >= 0.3 is 0 Å². The number of aromatic amines is 1. The number of nitrogens with zero attached hydrogens (tertiary/aromatic N) is 3. The van der Waals surface area contributed by atoms with Crippen molar-refractivity contribution in [3.8, 4) is 0 Å². The second-order valence-electron chi connectivity index (χ2n) is 5.53. The number of nitrogens with one attached hydrogen (secondary N) is 1. The van der Waals surface area contributed by atoms with Gasteiger partial charge in [0.2, 0.25) is 5.95 Å². The van der Waals surface area contributed by atoms with Crippen LogP contribution in [0.4, 0.5) is 5.95 Å². The van der Waals surface area contributed by atoms with Crippen LogP contribution in [0.2, 0.25) is 0 Å². The highest BCUT2D eigenvalue weighted by Crippen LogP contribution is 2.17. The maximum atomic E-state index is 4.39. The number of aromatic nitrogens is 2. The van der Waals surface area contributed by atoms with E-state index in [1.807, 2.05) is 12.4 Å². The summed E-state index contributed by atoms with van der Waals surface area (Å²) in [5.41, 5.74) is 1.39. The van der Waals surface area contributed by atoms with E-state index < -0.39 is 0 Å². The summed E-state index contributed by atoms with van der Waals surface area (Å²) in [4.78, 5) is 12.5. The summed E-state index contributed by atoms with van der Waals surface area (Å²) < 4.78 is 0. The Morgan fingerprint density at radius 1 is 1.25 bits per heavy atom. The molecule has 0 aliphatic carbocycles. The van der Waals surface area contributed by atoms with Crippen molar-refractivity contribution in [2.45, 2.75) is 25.9 Å². The lowest BCUT2D eigenvalue weighted by atomic mass is 10.2. The fourth-order valence-corrected chi connectivity index (χ4v) is 2.96. The highest BCUT2D eigenvalue weighted by atomic mass is 15.3. The summed E-state index contributed by atoms with van der Waals surface area (Å²) in [6.45, 7) is 6.62. The molecule has 0 spiro atoms. The molecule has 0 bridgehead atoms. The Morgan fingerprint density at radius 3 is 2.85 bits per heavy atom. The lowest BCUT2D eigenvalue weighted by Crippen LogP contribution is -2.39. The summed E-state index contributed by atoms with van der Waals surface area (Å²) in [6, 6.07) is 11.2. The Balaban J connectivity index is 1.66. The molecule has 0 radical (unpaired) electrons.